The Morgan fingerprint density at radius 1 is 1.22 bits per heavy atom. The molecule has 0 radical (unpaired) electrons. The lowest BCUT2D eigenvalue weighted by atomic mass is 10.1. The molecule has 2 aromatic rings. The lowest BCUT2D eigenvalue weighted by molar-refractivity contribution is -0.142. The van der Waals surface area contributed by atoms with E-state index in [0.717, 1.165) is 0 Å². The largest absolute Gasteiger partial charge is 0.461 e. The lowest BCUT2D eigenvalue weighted by Crippen LogP contribution is -2.24. The van der Waals surface area contributed by atoms with Crippen LogP contribution in [0.5, 0.6) is 0 Å². The Bertz CT molecular complexity index is 1030. The van der Waals surface area contributed by atoms with E-state index in [0.29, 0.717) is 26.6 Å². The molecule has 1 aliphatic rings. The van der Waals surface area contributed by atoms with E-state index < -0.39 is 23.7 Å². The van der Waals surface area contributed by atoms with Crippen LogP contribution in [0, 0.1) is 0 Å². The third-order valence-electron chi connectivity index (χ3n) is 3.82. The summed E-state index contributed by atoms with van der Waals surface area (Å²) in [6, 6.07) is 6.26. The Labute approximate surface area is 164 Å². The number of hydrogen-bond acceptors (Lipinski definition) is 6. The van der Waals surface area contributed by atoms with Crippen LogP contribution in [0.25, 0.3) is 11.0 Å². The van der Waals surface area contributed by atoms with Crippen molar-refractivity contribution in [2.75, 3.05) is 0 Å². The zero-order valence-corrected chi connectivity index (χ0v) is 15.7. The monoisotopic (exact) mass is 408 g/mol. The molecule has 3 rings (SSSR count). The molecule has 140 valence electrons. The molecule has 0 aliphatic heterocycles. The second kappa shape index (κ2) is 7.98. The Balaban J connectivity index is 1.87. The Kier molecular flexibility index (Phi) is 5.68. The fourth-order valence-electron chi connectivity index (χ4n) is 2.50. The number of benzene rings is 1. The first-order chi connectivity index (χ1) is 12.8. The van der Waals surface area contributed by atoms with Gasteiger partial charge in [0.2, 0.25) is 0 Å². The van der Waals surface area contributed by atoms with Crippen LogP contribution >= 0.6 is 23.2 Å². The summed E-state index contributed by atoms with van der Waals surface area (Å²) in [6.45, 7) is 1.37. The van der Waals surface area contributed by atoms with Crippen LogP contribution in [0.3, 0.4) is 0 Å². The van der Waals surface area contributed by atoms with E-state index in [9.17, 15) is 14.4 Å². The van der Waals surface area contributed by atoms with Gasteiger partial charge in [-0.25, -0.2) is 9.59 Å². The Hall–Kier alpha value is -2.57. The van der Waals surface area contributed by atoms with Crippen molar-refractivity contribution in [1.82, 2.24) is 0 Å². The molecule has 0 N–H and O–H groups in total. The average molecular weight is 409 g/mol. The topological polar surface area (TPSA) is 82.8 Å². The number of halogens is 2. The van der Waals surface area contributed by atoms with Crippen LogP contribution in [0.4, 0.5) is 0 Å². The molecule has 0 saturated heterocycles. The van der Waals surface area contributed by atoms with Gasteiger partial charge < -0.3 is 13.9 Å². The first-order valence-corrected chi connectivity index (χ1v) is 8.72. The molecular formula is C19H14Cl2O6. The molecule has 1 aliphatic carbocycles. The summed E-state index contributed by atoms with van der Waals surface area (Å²) in [6.07, 6.45) is 2.62. The maximum Gasteiger partial charge on any atom is 0.351 e. The molecule has 1 aromatic heterocycles. The van der Waals surface area contributed by atoms with Gasteiger partial charge in [0.05, 0.1) is 5.03 Å². The highest BCUT2D eigenvalue weighted by atomic mass is 35.5. The molecule has 0 spiro atoms. The van der Waals surface area contributed by atoms with E-state index in [1.54, 1.807) is 24.3 Å². The molecule has 0 saturated carbocycles. The number of hydrogen-bond donors (Lipinski definition) is 0. The minimum Gasteiger partial charge on any atom is -0.461 e. The third-order valence-corrected chi connectivity index (χ3v) is 4.47. The number of carbonyl (C=O) groups excluding carboxylic acids is 2. The Morgan fingerprint density at radius 2 is 2.00 bits per heavy atom. The van der Waals surface area contributed by atoms with E-state index >= 15 is 0 Å². The quantitative estimate of drug-likeness (QED) is 0.560. The molecule has 0 amide bonds. The second-order valence-corrected chi connectivity index (χ2v) is 6.79. The SMILES string of the molecule is CC(=O)OCc1ccc2oc(=O)c(C(=O)OC3CC(Cl)=CC=C3Cl)cc2c1. The molecule has 1 aromatic carbocycles. The van der Waals surface area contributed by atoms with E-state index in [4.69, 9.17) is 37.1 Å². The molecule has 0 bridgehead atoms. The lowest BCUT2D eigenvalue weighted by Gasteiger charge is -2.19. The molecule has 8 heteroatoms. The summed E-state index contributed by atoms with van der Waals surface area (Å²) >= 11 is 12.0. The highest BCUT2D eigenvalue weighted by Crippen LogP contribution is 2.27. The van der Waals surface area contributed by atoms with Crippen molar-refractivity contribution in [3.63, 3.8) is 0 Å². The molecule has 27 heavy (non-hydrogen) atoms. The van der Waals surface area contributed by atoms with Crippen molar-refractivity contribution in [1.29, 1.82) is 0 Å². The van der Waals surface area contributed by atoms with E-state index in [2.05, 4.69) is 0 Å². The van der Waals surface area contributed by atoms with E-state index in [1.807, 2.05) is 0 Å². The van der Waals surface area contributed by atoms with Crippen LogP contribution in [-0.2, 0) is 20.9 Å². The maximum atomic E-state index is 12.4. The number of ether oxygens (including phenoxy) is 2. The number of fused-ring (bicyclic) bond motifs is 1. The second-order valence-electron chi connectivity index (χ2n) is 5.86. The molecule has 6 nitrogen and oxygen atoms in total. The van der Waals surface area contributed by atoms with Gasteiger partial charge in [0.1, 0.15) is 23.9 Å². The number of rotatable bonds is 4. The van der Waals surface area contributed by atoms with Crippen LogP contribution in [0.2, 0.25) is 0 Å². The highest BCUT2D eigenvalue weighted by molar-refractivity contribution is 6.32. The smallest absolute Gasteiger partial charge is 0.351 e. The highest BCUT2D eigenvalue weighted by Gasteiger charge is 2.24. The first kappa shape index (κ1) is 19.2. The van der Waals surface area contributed by atoms with E-state index in [-0.39, 0.29) is 18.6 Å². The van der Waals surface area contributed by atoms with Crippen molar-refractivity contribution in [2.24, 2.45) is 0 Å². The van der Waals surface area contributed by atoms with Crippen LogP contribution in [-0.4, -0.2) is 18.0 Å². The van der Waals surface area contributed by atoms with Gasteiger partial charge in [0.25, 0.3) is 0 Å². The van der Waals surface area contributed by atoms with Crippen molar-refractivity contribution >= 4 is 46.1 Å². The fourth-order valence-corrected chi connectivity index (χ4v) is 2.89. The average Bonchev–Trinajstić information content (AvgIpc) is 2.62. The van der Waals surface area contributed by atoms with Crippen LogP contribution < -0.4 is 5.63 Å². The van der Waals surface area contributed by atoms with Gasteiger partial charge in [-0.2, -0.15) is 0 Å². The predicted molar refractivity (Wildman–Crippen MR) is 99.6 cm³/mol. The summed E-state index contributed by atoms with van der Waals surface area (Å²) in [5.41, 5.74) is -0.106. The Morgan fingerprint density at radius 3 is 2.74 bits per heavy atom. The summed E-state index contributed by atoms with van der Waals surface area (Å²) in [5, 5.41) is 1.29. The predicted octanol–water partition coefficient (Wildman–Crippen LogP) is 4.03. The van der Waals surface area contributed by atoms with E-state index in [1.165, 1.54) is 19.1 Å². The summed E-state index contributed by atoms with van der Waals surface area (Å²) in [5.74, 6) is -1.27. The first-order valence-electron chi connectivity index (χ1n) is 7.96. The fraction of sp³-hybridized carbons (Fsp3) is 0.211. The summed E-state index contributed by atoms with van der Waals surface area (Å²) < 4.78 is 15.4. The van der Waals surface area contributed by atoms with Crippen molar-refractivity contribution in [3.05, 3.63) is 68.0 Å². The normalized spacial score (nSPS) is 16.5. The molecule has 1 atom stereocenters. The minimum absolute atomic E-state index is 0.0670. The number of carbonyl (C=O) groups is 2. The standard InChI is InChI=1S/C19H14Cl2O6/c1-10(22)25-9-11-2-5-16-12(6-11)7-14(18(23)26-16)19(24)27-17-8-13(20)3-4-15(17)21/h2-7,17H,8-9H2,1H3. The van der Waals surface area contributed by atoms with Gasteiger partial charge in [-0.3, -0.25) is 4.79 Å². The van der Waals surface area contributed by atoms with Crippen molar-refractivity contribution in [2.45, 2.75) is 26.1 Å². The molecule has 1 unspecified atom stereocenters. The van der Waals surface area contributed by atoms with Gasteiger partial charge in [-0.05, 0) is 35.9 Å². The van der Waals surface area contributed by atoms with Gasteiger partial charge in [0.15, 0.2) is 0 Å². The van der Waals surface area contributed by atoms with Crippen molar-refractivity contribution < 1.29 is 23.5 Å². The maximum absolute atomic E-state index is 12.4. The van der Waals surface area contributed by atoms with Crippen LogP contribution in [0.15, 0.2) is 55.7 Å². The summed E-state index contributed by atoms with van der Waals surface area (Å²) in [7, 11) is 0. The molecular weight excluding hydrogens is 395 g/mol. The third kappa shape index (κ3) is 4.59. The van der Waals surface area contributed by atoms with Gasteiger partial charge >= 0.3 is 17.6 Å². The van der Waals surface area contributed by atoms with Gasteiger partial charge in [-0.15, -0.1) is 0 Å². The zero-order valence-electron chi connectivity index (χ0n) is 14.2. The molecule has 0 fully saturated rings. The number of esters is 2. The summed E-state index contributed by atoms with van der Waals surface area (Å²) in [4.78, 5) is 35.5. The minimum atomic E-state index is -0.862. The molecule has 1 heterocycles. The van der Waals surface area contributed by atoms with Gasteiger partial charge in [-0.1, -0.05) is 29.3 Å². The van der Waals surface area contributed by atoms with Crippen molar-refractivity contribution in [3.8, 4) is 0 Å². The van der Waals surface area contributed by atoms with Gasteiger partial charge in [0, 0.05) is 23.8 Å². The number of allylic oxidation sites excluding steroid dienone is 2. The van der Waals surface area contributed by atoms with Crippen LogP contribution in [0.1, 0.15) is 29.3 Å². The zero-order chi connectivity index (χ0) is 19.6.